The Morgan fingerprint density at radius 1 is 1.44 bits per heavy atom. The highest BCUT2D eigenvalue weighted by molar-refractivity contribution is 8.16. The Morgan fingerprint density at radius 3 is 2.33 bits per heavy atom. The molecule has 0 aromatic carbocycles. The van der Waals surface area contributed by atoms with E-state index in [1.165, 1.54) is 0 Å². The van der Waals surface area contributed by atoms with Crippen LogP contribution in [0.4, 0.5) is 0 Å². The van der Waals surface area contributed by atoms with E-state index in [4.69, 9.17) is 4.43 Å². The second-order valence-electron chi connectivity index (χ2n) is 1.87. The summed E-state index contributed by atoms with van der Waals surface area (Å²) in [7, 11) is 1.43. The van der Waals surface area contributed by atoms with Gasteiger partial charge in [-0.25, -0.2) is 0 Å². The van der Waals surface area contributed by atoms with Gasteiger partial charge in [0.15, 0.2) is 9.76 Å². The molecule has 0 spiro atoms. The summed E-state index contributed by atoms with van der Waals surface area (Å²) in [6, 6.07) is 1.09. The minimum Gasteiger partial charge on any atom is -0.427 e. The van der Waals surface area contributed by atoms with Crippen molar-refractivity contribution in [2.24, 2.45) is 0 Å². The van der Waals surface area contributed by atoms with Crippen LogP contribution in [0.2, 0.25) is 6.04 Å². The lowest BCUT2D eigenvalue weighted by atomic mass is 10.5. The van der Waals surface area contributed by atoms with Gasteiger partial charge < -0.3 is 4.43 Å². The normalized spacial score (nSPS) is 13.3. The van der Waals surface area contributed by atoms with Crippen molar-refractivity contribution in [3.05, 3.63) is 0 Å². The summed E-state index contributed by atoms with van der Waals surface area (Å²) >= 11 is 12.4. The largest absolute Gasteiger partial charge is 0.427 e. The van der Waals surface area contributed by atoms with E-state index in [-0.39, 0.29) is 9.76 Å². The summed E-state index contributed by atoms with van der Waals surface area (Å²) in [5.74, 6) is 0. The molecule has 0 aromatic rings. The van der Waals surface area contributed by atoms with E-state index in [0.29, 0.717) is 0 Å². The average molecular weight is 200 g/mol. The van der Waals surface area contributed by atoms with Gasteiger partial charge in [0.1, 0.15) is 0 Å². The summed E-state index contributed by atoms with van der Waals surface area (Å²) in [6.45, 7) is 0. The highest BCUT2D eigenvalue weighted by Crippen LogP contribution is 2.29. The minimum absolute atomic E-state index is 0.305. The molecular formula is C4H12OS3Si. The van der Waals surface area contributed by atoms with E-state index in [9.17, 15) is 0 Å². The zero-order valence-electron chi connectivity index (χ0n) is 5.37. The molecule has 5 heteroatoms. The maximum absolute atomic E-state index is 4.97. The van der Waals surface area contributed by atoms with E-state index in [1.807, 2.05) is 0 Å². The SMILES string of the molecule is CO[SiH2]CCC(S)(S)S. The van der Waals surface area contributed by atoms with Crippen molar-refractivity contribution >= 4 is 47.6 Å². The highest BCUT2D eigenvalue weighted by Gasteiger charge is 2.12. The van der Waals surface area contributed by atoms with Crippen LogP contribution in [0.3, 0.4) is 0 Å². The molecule has 56 valence electrons. The first-order chi connectivity index (χ1) is 4.06. The minimum atomic E-state index is -0.411. The quantitative estimate of drug-likeness (QED) is 0.265. The molecular weight excluding hydrogens is 188 g/mol. The molecule has 0 aliphatic heterocycles. The number of thiol groups is 3. The van der Waals surface area contributed by atoms with Crippen LogP contribution in [0.1, 0.15) is 6.42 Å². The Morgan fingerprint density at radius 2 is 2.00 bits per heavy atom. The second-order valence-corrected chi connectivity index (χ2v) is 6.91. The molecule has 0 unspecified atom stereocenters. The molecule has 0 saturated heterocycles. The van der Waals surface area contributed by atoms with Crippen LogP contribution >= 0.6 is 37.9 Å². The molecule has 0 aliphatic rings. The van der Waals surface area contributed by atoms with Crippen molar-refractivity contribution in [2.75, 3.05) is 7.11 Å². The van der Waals surface area contributed by atoms with Gasteiger partial charge in [-0.1, -0.05) is 0 Å². The van der Waals surface area contributed by atoms with Crippen LogP contribution in [0.25, 0.3) is 0 Å². The maximum Gasteiger partial charge on any atom is 0.161 e. The van der Waals surface area contributed by atoms with Gasteiger partial charge in [0.2, 0.25) is 0 Å². The Hall–Kier alpha value is 1.23. The van der Waals surface area contributed by atoms with Crippen LogP contribution < -0.4 is 0 Å². The zero-order chi connectivity index (χ0) is 7.33. The van der Waals surface area contributed by atoms with Crippen LogP contribution in [-0.4, -0.2) is 20.3 Å². The lowest BCUT2D eigenvalue weighted by Gasteiger charge is -2.13. The first-order valence-corrected chi connectivity index (χ1v) is 5.64. The fraction of sp³-hybridized carbons (Fsp3) is 1.00. The molecule has 1 nitrogen and oxygen atoms in total. The Bertz CT molecular complexity index is 72.7. The molecule has 0 rings (SSSR count). The number of hydrogen-bond acceptors (Lipinski definition) is 4. The van der Waals surface area contributed by atoms with E-state index >= 15 is 0 Å². The van der Waals surface area contributed by atoms with Gasteiger partial charge in [0.25, 0.3) is 0 Å². The van der Waals surface area contributed by atoms with Gasteiger partial charge in [-0.3, -0.25) is 0 Å². The summed E-state index contributed by atoms with van der Waals surface area (Å²) in [6.07, 6.45) is 0.905. The van der Waals surface area contributed by atoms with Crippen molar-refractivity contribution in [3.63, 3.8) is 0 Å². The summed E-state index contributed by atoms with van der Waals surface area (Å²) in [4.78, 5) is 0. The van der Waals surface area contributed by atoms with Crippen molar-refractivity contribution < 1.29 is 4.43 Å². The van der Waals surface area contributed by atoms with E-state index in [2.05, 4.69) is 37.9 Å². The van der Waals surface area contributed by atoms with E-state index < -0.39 is 3.41 Å². The lowest BCUT2D eigenvalue weighted by Crippen LogP contribution is -2.04. The van der Waals surface area contributed by atoms with Gasteiger partial charge in [0, 0.05) is 7.11 Å². The zero-order valence-corrected chi connectivity index (χ0v) is 9.47. The number of rotatable bonds is 4. The molecule has 0 N–H and O–H groups in total. The monoisotopic (exact) mass is 200 g/mol. The molecule has 9 heavy (non-hydrogen) atoms. The standard InChI is InChI=1S/C4H12OS3Si/c1-5-9-3-2-4(6,7)8/h6-8H,2-3,9H2,1H3. The molecule has 0 amide bonds. The van der Waals surface area contributed by atoms with E-state index in [0.717, 1.165) is 12.5 Å². The summed E-state index contributed by atoms with van der Waals surface area (Å²) in [5.41, 5.74) is 0. The van der Waals surface area contributed by atoms with Crippen molar-refractivity contribution in [1.29, 1.82) is 0 Å². The predicted octanol–water partition coefficient (Wildman–Crippen LogP) is 0.968. The second kappa shape index (κ2) is 4.95. The fourth-order valence-electron chi connectivity index (χ4n) is 0.454. The van der Waals surface area contributed by atoms with Gasteiger partial charge in [-0.2, -0.15) is 37.9 Å². The molecule has 0 aromatic heterocycles. The van der Waals surface area contributed by atoms with Crippen LogP contribution in [0.15, 0.2) is 0 Å². The first kappa shape index (κ1) is 10.2. The molecule has 0 fully saturated rings. The third kappa shape index (κ3) is 9.23. The lowest BCUT2D eigenvalue weighted by molar-refractivity contribution is 0.440. The highest BCUT2D eigenvalue weighted by atomic mass is 32.2. The fourth-order valence-corrected chi connectivity index (χ4v) is 2.78. The summed E-state index contributed by atoms with van der Waals surface area (Å²) < 4.78 is 4.56. The molecule has 0 saturated carbocycles. The third-order valence-corrected chi connectivity index (χ3v) is 2.58. The average Bonchev–Trinajstić information content (AvgIpc) is 1.63. The first-order valence-electron chi connectivity index (χ1n) is 2.72. The maximum atomic E-state index is 4.97. The predicted molar refractivity (Wildman–Crippen MR) is 54.7 cm³/mol. The van der Waals surface area contributed by atoms with Crippen LogP contribution in [-0.2, 0) is 4.43 Å². The Labute approximate surface area is 75.1 Å². The van der Waals surface area contributed by atoms with E-state index in [1.54, 1.807) is 7.11 Å². The smallest absolute Gasteiger partial charge is 0.161 e. The molecule has 0 heterocycles. The summed E-state index contributed by atoms with van der Waals surface area (Å²) in [5, 5.41) is 0. The van der Waals surface area contributed by atoms with Gasteiger partial charge >= 0.3 is 0 Å². The van der Waals surface area contributed by atoms with Crippen molar-refractivity contribution in [2.45, 2.75) is 15.9 Å². The van der Waals surface area contributed by atoms with Gasteiger partial charge in [-0.05, 0) is 12.5 Å². The Balaban J connectivity index is 3.07. The molecule has 0 bridgehead atoms. The van der Waals surface area contributed by atoms with Gasteiger partial charge in [-0.15, -0.1) is 0 Å². The topological polar surface area (TPSA) is 9.23 Å². The van der Waals surface area contributed by atoms with Gasteiger partial charge in [0.05, 0.1) is 3.41 Å². The van der Waals surface area contributed by atoms with Crippen molar-refractivity contribution in [3.8, 4) is 0 Å². The molecule has 0 radical (unpaired) electrons. The van der Waals surface area contributed by atoms with Crippen LogP contribution in [0, 0.1) is 0 Å². The molecule has 0 atom stereocenters. The van der Waals surface area contributed by atoms with Crippen LogP contribution in [0.5, 0.6) is 0 Å². The van der Waals surface area contributed by atoms with Crippen molar-refractivity contribution in [1.82, 2.24) is 0 Å². The third-order valence-electron chi connectivity index (χ3n) is 0.861. The Kier molecular flexibility index (Phi) is 5.63. The molecule has 0 aliphatic carbocycles. The number of hydrogen-bond donors (Lipinski definition) is 3.